The van der Waals surface area contributed by atoms with Crippen molar-refractivity contribution in [3.63, 3.8) is 0 Å². The number of aromatic carboxylic acids is 1. The van der Waals surface area contributed by atoms with Crippen molar-refractivity contribution in [1.82, 2.24) is 9.97 Å². The maximum atomic E-state index is 11.0. The molecule has 0 amide bonds. The topological polar surface area (TPSA) is 63.1 Å². The zero-order valence-electron chi connectivity index (χ0n) is 10.8. The summed E-state index contributed by atoms with van der Waals surface area (Å²) in [6, 6.07) is 9.29. The van der Waals surface area contributed by atoms with Crippen LogP contribution in [0.15, 0.2) is 35.2 Å². The normalized spacial score (nSPS) is 10.4. The maximum absolute atomic E-state index is 11.0. The second-order valence-electron chi connectivity index (χ2n) is 3.98. The van der Waals surface area contributed by atoms with Crippen LogP contribution in [0.25, 0.3) is 11.4 Å². The molecule has 5 heteroatoms. The van der Waals surface area contributed by atoms with Gasteiger partial charge < -0.3 is 5.11 Å². The SMILES string of the molecule is CCSc1ccc(-c2nc(C)cc(C(=O)O)n2)cc1. The van der Waals surface area contributed by atoms with Crippen molar-refractivity contribution in [2.45, 2.75) is 18.7 Å². The van der Waals surface area contributed by atoms with E-state index in [9.17, 15) is 4.79 Å². The lowest BCUT2D eigenvalue weighted by Crippen LogP contribution is -2.04. The number of rotatable bonds is 4. The third-order valence-electron chi connectivity index (χ3n) is 2.50. The summed E-state index contributed by atoms with van der Waals surface area (Å²) in [6.45, 7) is 3.86. The van der Waals surface area contributed by atoms with Crippen molar-refractivity contribution in [2.24, 2.45) is 0 Å². The van der Waals surface area contributed by atoms with Gasteiger partial charge in [0.15, 0.2) is 11.5 Å². The number of thioether (sulfide) groups is 1. The molecule has 1 heterocycles. The van der Waals surface area contributed by atoms with Crippen molar-refractivity contribution in [1.29, 1.82) is 0 Å². The minimum absolute atomic E-state index is 0.0227. The molecule has 0 atom stereocenters. The van der Waals surface area contributed by atoms with Crippen LogP contribution in [0.5, 0.6) is 0 Å². The average Bonchev–Trinajstić information content (AvgIpc) is 2.39. The quantitative estimate of drug-likeness (QED) is 0.867. The van der Waals surface area contributed by atoms with E-state index in [4.69, 9.17) is 5.11 Å². The molecule has 2 rings (SSSR count). The van der Waals surface area contributed by atoms with Gasteiger partial charge in [-0.1, -0.05) is 19.1 Å². The highest BCUT2D eigenvalue weighted by atomic mass is 32.2. The second kappa shape index (κ2) is 5.84. The van der Waals surface area contributed by atoms with Gasteiger partial charge in [-0.2, -0.15) is 0 Å². The summed E-state index contributed by atoms with van der Waals surface area (Å²) in [4.78, 5) is 20.5. The van der Waals surface area contributed by atoms with Crippen LogP contribution < -0.4 is 0 Å². The molecule has 98 valence electrons. The summed E-state index contributed by atoms with van der Waals surface area (Å²) in [5.74, 6) is 0.430. The second-order valence-corrected chi connectivity index (χ2v) is 5.32. The molecule has 0 aliphatic carbocycles. The molecule has 0 aliphatic rings. The number of aromatic nitrogens is 2. The fourth-order valence-corrected chi connectivity index (χ4v) is 2.34. The van der Waals surface area contributed by atoms with Gasteiger partial charge in [0.2, 0.25) is 0 Å². The molecule has 0 fully saturated rings. The molecule has 0 unspecified atom stereocenters. The first kappa shape index (κ1) is 13.5. The monoisotopic (exact) mass is 274 g/mol. The molecular formula is C14H14N2O2S. The first-order valence-corrected chi connectivity index (χ1v) is 6.91. The molecule has 1 aromatic heterocycles. The molecule has 19 heavy (non-hydrogen) atoms. The zero-order valence-corrected chi connectivity index (χ0v) is 11.6. The van der Waals surface area contributed by atoms with Gasteiger partial charge in [-0.05, 0) is 30.9 Å². The third-order valence-corrected chi connectivity index (χ3v) is 3.39. The van der Waals surface area contributed by atoms with E-state index in [1.807, 2.05) is 24.3 Å². The van der Waals surface area contributed by atoms with Crippen LogP contribution in [0, 0.1) is 6.92 Å². The highest BCUT2D eigenvalue weighted by Crippen LogP contribution is 2.22. The van der Waals surface area contributed by atoms with Crippen LogP contribution in [-0.2, 0) is 0 Å². The Morgan fingerprint density at radius 2 is 1.95 bits per heavy atom. The van der Waals surface area contributed by atoms with Gasteiger partial charge in [0, 0.05) is 16.2 Å². The van der Waals surface area contributed by atoms with Crippen molar-refractivity contribution in [2.75, 3.05) is 5.75 Å². The maximum Gasteiger partial charge on any atom is 0.354 e. The lowest BCUT2D eigenvalue weighted by molar-refractivity contribution is 0.0690. The third kappa shape index (κ3) is 3.32. The van der Waals surface area contributed by atoms with Crippen LogP contribution >= 0.6 is 11.8 Å². The Morgan fingerprint density at radius 3 is 2.53 bits per heavy atom. The van der Waals surface area contributed by atoms with Crippen molar-refractivity contribution >= 4 is 17.7 Å². The summed E-state index contributed by atoms with van der Waals surface area (Å²) in [6.07, 6.45) is 0. The Hall–Kier alpha value is -1.88. The van der Waals surface area contributed by atoms with E-state index < -0.39 is 5.97 Å². The fourth-order valence-electron chi connectivity index (χ4n) is 1.67. The number of aryl methyl sites for hydroxylation is 1. The summed E-state index contributed by atoms with van der Waals surface area (Å²) >= 11 is 1.76. The Morgan fingerprint density at radius 1 is 1.26 bits per heavy atom. The van der Waals surface area contributed by atoms with E-state index in [1.165, 1.54) is 11.0 Å². The molecule has 0 aliphatic heterocycles. The molecule has 4 nitrogen and oxygen atoms in total. The van der Waals surface area contributed by atoms with Gasteiger partial charge in [-0.15, -0.1) is 11.8 Å². The molecule has 1 N–H and O–H groups in total. The van der Waals surface area contributed by atoms with Gasteiger partial charge in [0.05, 0.1) is 0 Å². The van der Waals surface area contributed by atoms with Gasteiger partial charge in [-0.3, -0.25) is 0 Å². The standard InChI is InChI=1S/C14H14N2O2S/c1-3-19-11-6-4-10(5-7-11)13-15-9(2)8-12(16-13)14(17)18/h4-8H,3H2,1-2H3,(H,17,18). The van der Waals surface area contributed by atoms with E-state index in [-0.39, 0.29) is 5.69 Å². The van der Waals surface area contributed by atoms with Gasteiger partial charge >= 0.3 is 5.97 Å². The molecule has 1 aromatic carbocycles. The number of hydrogen-bond acceptors (Lipinski definition) is 4. The van der Waals surface area contributed by atoms with Crippen LogP contribution in [0.1, 0.15) is 23.1 Å². The summed E-state index contributed by atoms with van der Waals surface area (Å²) in [7, 11) is 0. The number of carboxylic acid groups (broad SMARTS) is 1. The number of carbonyl (C=O) groups is 1. The first-order valence-electron chi connectivity index (χ1n) is 5.92. The smallest absolute Gasteiger partial charge is 0.354 e. The van der Waals surface area contributed by atoms with E-state index in [2.05, 4.69) is 16.9 Å². The van der Waals surface area contributed by atoms with Crippen LogP contribution in [0.4, 0.5) is 0 Å². The van der Waals surface area contributed by atoms with Gasteiger partial charge in [0.25, 0.3) is 0 Å². The molecule has 0 saturated carbocycles. The van der Waals surface area contributed by atoms with Crippen molar-refractivity contribution < 1.29 is 9.90 Å². The van der Waals surface area contributed by atoms with Crippen LogP contribution in [-0.4, -0.2) is 26.8 Å². The molecule has 0 saturated heterocycles. The Kier molecular flexibility index (Phi) is 4.16. The van der Waals surface area contributed by atoms with Crippen LogP contribution in [0.3, 0.4) is 0 Å². The Balaban J connectivity index is 2.38. The zero-order chi connectivity index (χ0) is 13.8. The van der Waals surface area contributed by atoms with Crippen LogP contribution in [0.2, 0.25) is 0 Å². The number of carboxylic acids is 1. The number of hydrogen-bond donors (Lipinski definition) is 1. The molecule has 2 aromatic rings. The molecular weight excluding hydrogens is 260 g/mol. The highest BCUT2D eigenvalue weighted by Gasteiger charge is 2.10. The molecule has 0 radical (unpaired) electrons. The predicted molar refractivity (Wildman–Crippen MR) is 75.6 cm³/mol. The largest absolute Gasteiger partial charge is 0.477 e. The fraction of sp³-hybridized carbons (Fsp3) is 0.214. The van der Waals surface area contributed by atoms with Gasteiger partial charge in [0.1, 0.15) is 0 Å². The summed E-state index contributed by atoms with van der Waals surface area (Å²) in [5.41, 5.74) is 1.50. The average molecular weight is 274 g/mol. The van der Waals surface area contributed by atoms with Crippen molar-refractivity contribution in [3.05, 3.63) is 41.7 Å². The van der Waals surface area contributed by atoms with E-state index in [1.54, 1.807) is 18.7 Å². The van der Waals surface area contributed by atoms with E-state index in [0.717, 1.165) is 11.3 Å². The summed E-state index contributed by atoms with van der Waals surface area (Å²) in [5, 5.41) is 9.00. The van der Waals surface area contributed by atoms with Gasteiger partial charge in [-0.25, -0.2) is 14.8 Å². The lowest BCUT2D eigenvalue weighted by atomic mass is 10.2. The Bertz CT molecular complexity index is 597. The highest BCUT2D eigenvalue weighted by molar-refractivity contribution is 7.99. The van der Waals surface area contributed by atoms with E-state index >= 15 is 0 Å². The molecule has 0 spiro atoms. The lowest BCUT2D eigenvalue weighted by Gasteiger charge is -2.04. The van der Waals surface area contributed by atoms with Crippen molar-refractivity contribution in [3.8, 4) is 11.4 Å². The minimum atomic E-state index is -1.04. The molecule has 0 bridgehead atoms. The Labute approximate surface area is 115 Å². The number of benzene rings is 1. The number of nitrogens with zero attached hydrogens (tertiary/aromatic N) is 2. The van der Waals surface area contributed by atoms with E-state index in [0.29, 0.717) is 11.5 Å². The predicted octanol–water partition coefficient (Wildman–Crippen LogP) is 3.26. The first-order chi connectivity index (χ1) is 9.10. The summed E-state index contributed by atoms with van der Waals surface area (Å²) < 4.78 is 0. The minimum Gasteiger partial charge on any atom is -0.477 e.